The zero-order valence-corrected chi connectivity index (χ0v) is 17.7. The number of para-hydroxylation sites is 2. The van der Waals surface area contributed by atoms with E-state index in [4.69, 9.17) is 9.73 Å². The zero-order valence-electron chi connectivity index (χ0n) is 17.7. The van der Waals surface area contributed by atoms with Crippen LogP contribution in [0.3, 0.4) is 0 Å². The Balaban J connectivity index is 1.72. The zero-order chi connectivity index (χ0) is 22.0. The van der Waals surface area contributed by atoms with Crippen molar-refractivity contribution >= 4 is 22.9 Å². The number of ether oxygens (including phenoxy) is 1. The Morgan fingerprint density at radius 1 is 1.19 bits per heavy atom. The number of anilines is 2. The third kappa shape index (κ3) is 4.85. The lowest BCUT2D eigenvalue weighted by molar-refractivity contribution is -0.137. The van der Waals surface area contributed by atoms with Gasteiger partial charge in [-0.1, -0.05) is 12.1 Å². The Kier molecular flexibility index (Phi) is 6.20. The number of alkyl halides is 3. The van der Waals surface area contributed by atoms with E-state index in [-0.39, 0.29) is 12.1 Å². The van der Waals surface area contributed by atoms with Crippen LogP contribution in [0.1, 0.15) is 31.4 Å². The van der Waals surface area contributed by atoms with Crippen LogP contribution in [0.5, 0.6) is 0 Å². The van der Waals surface area contributed by atoms with E-state index in [9.17, 15) is 13.2 Å². The van der Waals surface area contributed by atoms with Gasteiger partial charge in [0.1, 0.15) is 5.84 Å². The first-order valence-electron chi connectivity index (χ1n) is 10.6. The first-order chi connectivity index (χ1) is 14.8. The molecule has 2 aliphatic heterocycles. The molecule has 4 rings (SSSR count). The third-order valence-electron chi connectivity index (χ3n) is 5.61. The summed E-state index contributed by atoms with van der Waals surface area (Å²) in [5, 5.41) is 6.77. The fourth-order valence-corrected chi connectivity index (χ4v) is 4.18. The minimum atomic E-state index is -4.42. The lowest BCUT2D eigenvalue weighted by Gasteiger charge is -2.37. The van der Waals surface area contributed by atoms with Crippen LogP contribution >= 0.6 is 0 Å². The molecule has 1 fully saturated rings. The standard InChI is InChI=1S/C23H27F3N4O/c1-3-31-15(2)12-17-14-30(11-10-27-17)22-18-13-16(23(24,25)26)8-9-19(18)28-20-6-4-5-7-21(20)29-22/h4-9,13,15,17,27-28H,3,10-12,14H2,1-2H3/t15?,17-/m0/s1. The van der Waals surface area contributed by atoms with Gasteiger partial charge in [-0.2, -0.15) is 13.2 Å². The molecule has 0 spiro atoms. The van der Waals surface area contributed by atoms with Crippen molar-refractivity contribution in [1.29, 1.82) is 0 Å². The Bertz CT molecular complexity index is 960. The van der Waals surface area contributed by atoms with Crippen molar-refractivity contribution in [2.24, 2.45) is 4.99 Å². The van der Waals surface area contributed by atoms with E-state index < -0.39 is 11.7 Å². The lowest BCUT2D eigenvalue weighted by Crippen LogP contribution is -2.53. The molecule has 0 aromatic heterocycles. The predicted molar refractivity (Wildman–Crippen MR) is 116 cm³/mol. The molecule has 8 heteroatoms. The summed E-state index contributed by atoms with van der Waals surface area (Å²) in [6.45, 7) is 6.70. The van der Waals surface area contributed by atoms with Crippen molar-refractivity contribution in [2.45, 2.75) is 38.6 Å². The second-order valence-corrected chi connectivity index (χ2v) is 7.93. The number of nitrogens with zero attached hydrogens (tertiary/aromatic N) is 2. The Morgan fingerprint density at radius 2 is 2.00 bits per heavy atom. The van der Waals surface area contributed by atoms with Gasteiger partial charge in [-0.15, -0.1) is 0 Å². The van der Waals surface area contributed by atoms with Crippen molar-refractivity contribution in [1.82, 2.24) is 10.2 Å². The predicted octanol–water partition coefficient (Wildman–Crippen LogP) is 4.93. The minimum absolute atomic E-state index is 0.102. The topological polar surface area (TPSA) is 48.9 Å². The van der Waals surface area contributed by atoms with Gasteiger partial charge >= 0.3 is 6.18 Å². The number of hydrogen-bond donors (Lipinski definition) is 2. The minimum Gasteiger partial charge on any atom is -0.379 e. The van der Waals surface area contributed by atoms with Crippen LogP contribution in [0.25, 0.3) is 0 Å². The van der Waals surface area contributed by atoms with E-state index in [1.165, 1.54) is 12.1 Å². The summed E-state index contributed by atoms with van der Waals surface area (Å²) in [4.78, 5) is 6.92. The van der Waals surface area contributed by atoms with Crippen molar-refractivity contribution in [3.05, 3.63) is 53.6 Å². The summed E-state index contributed by atoms with van der Waals surface area (Å²) in [6, 6.07) is 11.5. The van der Waals surface area contributed by atoms with Crippen molar-refractivity contribution in [2.75, 3.05) is 31.6 Å². The van der Waals surface area contributed by atoms with Gasteiger partial charge in [-0.25, -0.2) is 4.99 Å². The van der Waals surface area contributed by atoms with Crippen molar-refractivity contribution in [3.63, 3.8) is 0 Å². The highest BCUT2D eigenvalue weighted by Gasteiger charge is 2.33. The summed E-state index contributed by atoms with van der Waals surface area (Å²) in [6.07, 6.45) is -3.50. The van der Waals surface area contributed by atoms with E-state index >= 15 is 0 Å². The number of halogens is 3. The molecule has 0 aliphatic carbocycles. The molecular formula is C23H27F3N4O. The number of nitrogens with one attached hydrogen (secondary N) is 2. The van der Waals surface area contributed by atoms with Crippen LogP contribution in [0.4, 0.5) is 30.2 Å². The highest BCUT2D eigenvalue weighted by Crippen LogP contribution is 2.38. The molecule has 2 aliphatic rings. The second kappa shape index (κ2) is 8.88. The van der Waals surface area contributed by atoms with Gasteiger partial charge in [0.25, 0.3) is 0 Å². The maximum Gasteiger partial charge on any atom is 0.416 e. The van der Waals surface area contributed by atoms with E-state index in [2.05, 4.69) is 15.5 Å². The van der Waals surface area contributed by atoms with Gasteiger partial charge in [-0.3, -0.25) is 0 Å². The molecule has 1 saturated heterocycles. The molecule has 1 unspecified atom stereocenters. The van der Waals surface area contributed by atoms with Crippen LogP contribution in [-0.2, 0) is 10.9 Å². The summed E-state index contributed by atoms with van der Waals surface area (Å²) in [5.74, 6) is 0.564. The molecule has 2 atom stereocenters. The van der Waals surface area contributed by atoms with Gasteiger partial charge in [0.2, 0.25) is 0 Å². The summed E-state index contributed by atoms with van der Waals surface area (Å²) < 4.78 is 46.1. The van der Waals surface area contributed by atoms with Gasteiger partial charge < -0.3 is 20.3 Å². The molecule has 0 radical (unpaired) electrons. The van der Waals surface area contributed by atoms with Gasteiger partial charge in [0.05, 0.1) is 23.0 Å². The van der Waals surface area contributed by atoms with Crippen LogP contribution < -0.4 is 10.6 Å². The van der Waals surface area contributed by atoms with Gasteiger partial charge in [-0.05, 0) is 50.6 Å². The monoisotopic (exact) mass is 432 g/mol. The third-order valence-corrected chi connectivity index (χ3v) is 5.61. The number of aliphatic imine (C=N–C) groups is 1. The average molecular weight is 432 g/mol. The van der Waals surface area contributed by atoms with E-state index in [1.807, 2.05) is 38.1 Å². The molecule has 5 nitrogen and oxygen atoms in total. The molecule has 2 N–H and O–H groups in total. The largest absolute Gasteiger partial charge is 0.416 e. The lowest BCUT2D eigenvalue weighted by atomic mass is 10.0. The van der Waals surface area contributed by atoms with Crippen LogP contribution in [-0.4, -0.2) is 49.1 Å². The molecule has 31 heavy (non-hydrogen) atoms. The summed E-state index contributed by atoms with van der Waals surface area (Å²) in [5.41, 5.74) is 1.89. The molecule has 0 amide bonds. The Labute approximate surface area is 180 Å². The maximum absolute atomic E-state index is 13.5. The molecule has 0 saturated carbocycles. The Morgan fingerprint density at radius 3 is 2.77 bits per heavy atom. The molecule has 2 heterocycles. The van der Waals surface area contributed by atoms with E-state index in [0.29, 0.717) is 42.5 Å². The second-order valence-electron chi connectivity index (χ2n) is 7.93. The number of benzene rings is 2. The fraction of sp³-hybridized carbons (Fsp3) is 0.435. The van der Waals surface area contributed by atoms with Crippen molar-refractivity contribution < 1.29 is 17.9 Å². The normalized spacial score (nSPS) is 19.6. The number of amidine groups is 1. The van der Waals surface area contributed by atoms with Gasteiger partial charge in [0.15, 0.2) is 0 Å². The number of piperazine rings is 1. The fourth-order valence-electron chi connectivity index (χ4n) is 4.18. The van der Waals surface area contributed by atoms with Crippen LogP contribution in [0.15, 0.2) is 47.5 Å². The smallest absolute Gasteiger partial charge is 0.379 e. The number of hydrogen-bond acceptors (Lipinski definition) is 5. The van der Waals surface area contributed by atoms with Crippen LogP contribution in [0.2, 0.25) is 0 Å². The molecule has 166 valence electrons. The van der Waals surface area contributed by atoms with E-state index in [0.717, 1.165) is 24.7 Å². The highest BCUT2D eigenvalue weighted by atomic mass is 19.4. The molecule has 2 aromatic carbocycles. The maximum atomic E-state index is 13.5. The first-order valence-corrected chi connectivity index (χ1v) is 10.6. The summed E-state index contributed by atoms with van der Waals surface area (Å²) in [7, 11) is 0. The molecule has 0 bridgehead atoms. The first kappa shape index (κ1) is 21.6. The van der Waals surface area contributed by atoms with E-state index in [1.54, 1.807) is 0 Å². The Hall–Kier alpha value is -2.58. The number of fused-ring (bicyclic) bond motifs is 2. The molecular weight excluding hydrogens is 405 g/mol. The summed E-state index contributed by atoms with van der Waals surface area (Å²) >= 11 is 0. The SMILES string of the molecule is CCOC(C)C[C@H]1CN(C2=Nc3ccccc3Nc3ccc(C(F)(F)F)cc32)CCN1. The van der Waals surface area contributed by atoms with Gasteiger partial charge in [0, 0.05) is 43.5 Å². The van der Waals surface area contributed by atoms with Crippen LogP contribution in [0, 0.1) is 0 Å². The van der Waals surface area contributed by atoms with Crippen molar-refractivity contribution in [3.8, 4) is 0 Å². The highest BCUT2D eigenvalue weighted by molar-refractivity contribution is 6.08. The molecule has 2 aromatic rings. The average Bonchev–Trinajstić information content (AvgIpc) is 2.89. The quantitative estimate of drug-likeness (QED) is 0.719. The number of rotatable bonds is 4.